The third-order valence-electron chi connectivity index (χ3n) is 3.23. The molecule has 2 aromatic heterocycles. The van der Waals surface area contributed by atoms with E-state index in [-0.39, 0.29) is 5.76 Å². The van der Waals surface area contributed by atoms with Crippen molar-refractivity contribution in [3.8, 4) is 11.4 Å². The monoisotopic (exact) mass is 398 g/mol. The summed E-state index contributed by atoms with van der Waals surface area (Å²) in [6.07, 6.45) is 0. The summed E-state index contributed by atoms with van der Waals surface area (Å²) in [6.45, 7) is 0. The Bertz CT molecular complexity index is 925. The van der Waals surface area contributed by atoms with Gasteiger partial charge in [-0.25, -0.2) is 9.47 Å². The highest BCUT2D eigenvalue weighted by molar-refractivity contribution is 7.98. The smallest absolute Gasteiger partial charge is 0.373 e. The average Bonchev–Trinajstić information content (AvgIpc) is 3.21. The van der Waals surface area contributed by atoms with Crippen molar-refractivity contribution in [1.82, 2.24) is 14.9 Å². The molecule has 7 nitrogen and oxygen atoms in total. The molecule has 2 heterocycles. The van der Waals surface area contributed by atoms with Gasteiger partial charge in [0.05, 0.1) is 17.9 Å². The SMILES string of the molecule is COC(=O)c1ccc(CSc2nnc(-c3cc(Cl)ccc3Cl)n2N)o1. The number of furan rings is 1. The Morgan fingerprint density at radius 3 is 2.88 bits per heavy atom. The van der Waals surface area contributed by atoms with E-state index in [9.17, 15) is 4.79 Å². The van der Waals surface area contributed by atoms with Gasteiger partial charge >= 0.3 is 5.97 Å². The number of nitrogens with two attached hydrogens (primary N) is 1. The van der Waals surface area contributed by atoms with Crippen molar-refractivity contribution >= 4 is 40.9 Å². The van der Waals surface area contributed by atoms with E-state index in [1.54, 1.807) is 30.3 Å². The van der Waals surface area contributed by atoms with Gasteiger partial charge in [-0.15, -0.1) is 10.2 Å². The maximum atomic E-state index is 11.4. The second-order valence-electron chi connectivity index (χ2n) is 4.85. The molecule has 0 saturated carbocycles. The lowest BCUT2D eigenvalue weighted by atomic mass is 10.2. The van der Waals surface area contributed by atoms with Crippen LogP contribution in [0.25, 0.3) is 11.4 Å². The lowest BCUT2D eigenvalue weighted by Crippen LogP contribution is -2.11. The highest BCUT2D eigenvalue weighted by Gasteiger charge is 2.17. The Balaban J connectivity index is 1.77. The van der Waals surface area contributed by atoms with Gasteiger partial charge in [0, 0.05) is 10.6 Å². The van der Waals surface area contributed by atoms with Gasteiger partial charge in [-0.2, -0.15) is 0 Å². The zero-order valence-corrected chi connectivity index (χ0v) is 15.2. The summed E-state index contributed by atoms with van der Waals surface area (Å²) in [5, 5.41) is 9.56. The van der Waals surface area contributed by atoms with Crippen molar-refractivity contribution in [2.45, 2.75) is 10.9 Å². The van der Waals surface area contributed by atoms with Gasteiger partial charge in [0.2, 0.25) is 10.9 Å². The number of rotatable bonds is 5. The predicted molar refractivity (Wildman–Crippen MR) is 95.2 cm³/mol. The normalized spacial score (nSPS) is 10.8. The maximum Gasteiger partial charge on any atom is 0.373 e. The maximum absolute atomic E-state index is 11.4. The van der Waals surface area contributed by atoms with Crippen LogP contribution in [0.1, 0.15) is 16.3 Å². The van der Waals surface area contributed by atoms with Crippen molar-refractivity contribution in [1.29, 1.82) is 0 Å². The second kappa shape index (κ2) is 7.38. The molecule has 2 N–H and O–H groups in total. The molecule has 1 aromatic carbocycles. The van der Waals surface area contributed by atoms with Crippen molar-refractivity contribution in [2.24, 2.45) is 0 Å². The number of thioether (sulfide) groups is 1. The first-order chi connectivity index (χ1) is 12.0. The average molecular weight is 399 g/mol. The number of ether oxygens (including phenoxy) is 1. The Hall–Kier alpha value is -2.16. The Labute approximate surface area is 157 Å². The van der Waals surface area contributed by atoms with Crippen LogP contribution in [0.3, 0.4) is 0 Å². The van der Waals surface area contributed by atoms with Crippen LogP contribution in [0.4, 0.5) is 0 Å². The van der Waals surface area contributed by atoms with Crippen LogP contribution in [0.15, 0.2) is 39.9 Å². The summed E-state index contributed by atoms with van der Waals surface area (Å²) in [5.74, 6) is 7.05. The van der Waals surface area contributed by atoms with Crippen LogP contribution in [0.2, 0.25) is 10.0 Å². The van der Waals surface area contributed by atoms with Crippen LogP contribution in [0, 0.1) is 0 Å². The van der Waals surface area contributed by atoms with E-state index in [0.717, 1.165) is 0 Å². The Morgan fingerprint density at radius 1 is 1.32 bits per heavy atom. The molecule has 0 aliphatic carbocycles. The molecule has 0 aliphatic rings. The Kier molecular flexibility index (Phi) is 5.22. The molecule has 3 rings (SSSR count). The van der Waals surface area contributed by atoms with Crippen molar-refractivity contribution < 1.29 is 13.9 Å². The molecule has 0 unspecified atom stereocenters. The molecule has 0 atom stereocenters. The number of nitrogen functional groups attached to an aromatic ring is 1. The fourth-order valence-electron chi connectivity index (χ4n) is 2.03. The summed E-state index contributed by atoms with van der Waals surface area (Å²) < 4.78 is 11.3. The number of carbonyl (C=O) groups is 1. The summed E-state index contributed by atoms with van der Waals surface area (Å²) >= 11 is 13.5. The lowest BCUT2D eigenvalue weighted by molar-refractivity contribution is 0.0563. The number of aromatic nitrogens is 3. The zero-order valence-electron chi connectivity index (χ0n) is 12.9. The first kappa shape index (κ1) is 17.7. The third kappa shape index (κ3) is 3.76. The highest BCUT2D eigenvalue weighted by atomic mass is 35.5. The molecule has 3 aromatic rings. The number of carbonyl (C=O) groups excluding carboxylic acids is 1. The van der Waals surface area contributed by atoms with Gasteiger partial charge in [0.1, 0.15) is 5.76 Å². The summed E-state index contributed by atoms with van der Waals surface area (Å²) in [4.78, 5) is 11.4. The standard InChI is InChI=1S/C15H12Cl2N4O3S/c1-23-14(22)12-5-3-9(24-12)7-25-15-20-19-13(21(15)18)10-6-8(16)2-4-11(10)17/h2-6H,7,18H2,1H3. The number of nitrogens with zero attached hydrogens (tertiary/aromatic N) is 3. The zero-order chi connectivity index (χ0) is 18.0. The van der Waals surface area contributed by atoms with Gasteiger partial charge in [0.25, 0.3) is 0 Å². The minimum absolute atomic E-state index is 0.138. The molecule has 10 heteroatoms. The molecule has 0 bridgehead atoms. The summed E-state index contributed by atoms with van der Waals surface area (Å²) in [6, 6.07) is 8.24. The predicted octanol–water partition coefficient (Wildman–Crippen LogP) is 3.64. The quantitative estimate of drug-likeness (QED) is 0.398. The number of esters is 1. The topological polar surface area (TPSA) is 96.2 Å². The van der Waals surface area contributed by atoms with Crippen LogP contribution in [-0.2, 0) is 10.5 Å². The van der Waals surface area contributed by atoms with Gasteiger partial charge in [0.15, 0.2) is 5.82 Å². The van der Waals surface area contributed by atoms with E-state index in [1.807, 2.05) is 0 Å². The minimum Gasteiger partial charge on any atom is -0.463 e. The van der Waals surface area contributed by atoms with Crippen molar-refractivity contribution in [3.63, 3.8) is 0 Å². The molecule has 130 valence electrons. The fraction of sp³-hybridized carbons (Fsp3) is 0.133. The molecule has 0 aliphatic heterocycles. The van der Waals surface area contributed by atoms with Crippen LogP contribution in [-0.4, -0.2) is 28.0 Å². The van der Waals surface area contributed by atoms with Crippen LogP contribution < -0.4 is 5.84 Å². The molecule has 0 amide bonds. The van der Waals surface area contributed by atoms with E-state index in [1.165, 1.54) is 23.5 Å². The molecule has 0 radical (unpaired) electrons. The molecule has 0 fully saturated rings. The van der Waals surface area contributed by atoms with Gasteiger partial charge < -0.3 is 15.0 Å². The van der Waals surface area contributed by atoms with Crippen LogP contribution >= 0.6 is 35.0 Å². The number of hydrogen-bond donors (Lipinski definition) is 1. The first-order valence-electron chi connectivity index (χ1n) is 6.95. The van der Waals surface area contributed by atoms with E-state index >= 15 is 0 Å². The van der Waals surface area contributed by atoms with E-state index < -0.39 is 5.97 Å². The van der Waals surface area contributed by atoms with E-state index in [0.29, 0.717) is 38.1 Å². The number of methoxy groups -OCH3 is 1. The molecule has 0 spiro atoms. The Morgan fingerprint density at radius 2 is 2.12 bits per heavy atom. The molecular weight excluding hydrogens is 387 g/mol. The number of hydrogen-bond acceptors (Lipinski definition) is 7. The van der Waals surface area contributed by atoms with E-state index in [2.05, 4.69) is 14.9 Å². The number of benzene rings is 1. The summed E-state index contributed by atoms with van der Waals surface area (Å²) in [7, 11) is 1.29. The lowest BCUT2D eigenvalue weighted by Gasteiger charge is -2.05. The van der Waals surface area contributed by atoms with Gasteiger partial charge in [-0.1, -0.05) is 35.0 Å². The largest absolute Gasteiger partial charge is 0.463 e. The molecular formula is C15H12Cl2N4O3S. The molecule has 25 heavy (non-hydrogen) atoms. The van der Waals surface area contributed by atoms with Gasteiger partial charge in [-0.3, -0.25) is 0 Å². The van der Waals surface area contributed by atoms with E-state index in [4.69, 9.17) is 33.5 Å². The number of halogens is 2. The molecule has 0 saturated heterocycles. The van der Waals surface area contributed by atoms with Crippen LogP contribution in [0.5, 0.6) is 0 Å². The highest BCUT2D eigenvalue weighted by Crippen LogP contribution is 2.31. The van der Waals surface area contributed by atoms with Crippen molar-refractivity contribution in [3.05, 3.63) is 51.9 Å². The summed E-state index contributed by atoms with van der Waals surface area (Å²) in [5.41, 5.74) is 0.585. The first-order valence-corrected chi connectivity index (χ1v) is 8.69. The minimum atomic E-state index is -0.531. The fourth-order valence-corrected chi connectivity index (χ4v) is 3.15. The third-order valence-corrected chi connectivity index (χ3v) is 4.76. The van der Waals surface area contributed by atoms with Crippen molar-refractivity contribution in [2.75, 3.05) is 13.0 Å². The second-order valence-corrected chi connectivity index (χ2v) is 6.63. The van der Waals surface area contributed by atoms with Gasteiger partial charge in [-0.05, 0) is 30.3 Å².